The zero-order valence-electron chi connectivity index (χ0n) is 23.0. The van der Waals surface area contributed by atoms with Crippen LogP contribution in [0.1, 0.15) is 71.3 Å². The number of rotatable bonds is 6. The number of likely N-dealkylation sites (tertiary alicyclic amines) is 3. The predicted molar refractivity (Wildman–Crippen MR) is 149 cm³/mol. The average molecular weight is 525 g/mol. The summed E-state index contributed by atoms with van der Waals surface area (Å²) in [6.07, 6.45) is 8.02. The first-order valence-corrected chi connectivity index (χ1v) is 14.7. The van der Waals surface area contributed by atoms with E-state index in [1.165, 1.54) is 32.4 Å². The summed E-state index contributed by atoms with van der Waals surface area (Å²) in [5.41, 5.74) is 1.65. The maximum absolute atomic E-state index is 13.5. The lowest BCUT2D eigenvalue weighted by molar-refractivity contribution is -0.135. The molecule has 1 aromatic heterocycles. The normalized spacial score (nSPS) is 21.2. The Hall–Kier alpha value is -2.81. The maximum Gasteiger partial charge on any atom is 0.326 e. The van der Waals surface area contributed by atoms with Gasteiger partial charge >= 0.3 is 11.7 Å². The molecule has 1 atom stereocenters. The number of aromatic amines is 1. The SMILES string of the molecule is CC(C)C[C@@H](NC(=O)N1CCC(n2c(=O)[nH]c3ccccc32)CC1)C(=O)N1CCC(N2CCCCC2)CC1. The molecule has 3 fully saturated rings. The molecule has 2 N–H and O–H groups in total. The minimum Gasteiger partial charge on any atom is -0.341 e. The van der Waals surface area contributed by atoms with Crippen molar-refractivity contribution in [3.05, 3.63) is 34.7 Å². The van der Waals surface area contributed by atoms with Gasteiger partial charge in [0, 0.05) is 38.3 Å². The molecule has 3 amide bonds. The van der Waals surface area contributed by atoms with Crippen LogP contribution >= 0.6 is 0 Å². The molecule has 0 saturated carbocycles. The first-order chi connectivity index (χ1) is 18.4. The molecule has 9 heteroatoms. The van der Waals surface area contributed by atoms with E-state index in [4.69, 9.17) is 0 Å². The summed E-state index contributed by atoms with van der Waals surface area (Å²) < 4.78 is 1.84. The highest BCUT2D eigenvalue weighted by Gasteiger charge is 2.33. The van der Waals surface area contributed by atoms with Gasteiger partial charge in [0.25, 0.3) is 0 Å². The molecule has 0 spiro atoms. The first-order valence-electron chi connectivity index (χ1n) is 14.7. The number of amides is 3. The number of imidazole rings is 1. The number of urea groups is 1. The summed E-state index contributed by atoms with van der Waals surface area (Å²) in [5.74, 6) is 0.360. The van der Waals surface area contributed by atoms with Crippen molar-refractivity contribution in [1.29, 1.82) is 0 Å². The van der Waals surface area contributed by atoms with Gasteiger partial charge in [-0.25, -0.2) is 9.59 Å². The van der Waals surface area contributed by atoms with Gasteiger partial charge in [0.15, 0.2) is 0 Å². The van der Waals surface area contributed by atoms with Crippen molar-refractivity contribution in [3.63, 3.8) is 0 Å². The van der Waals surface area contributed by atoms with Gasteiger partial charge in [0.05, 0.1) is 11.0 Å². The Labute approximate surface area is 225 Å². The van der Waals surface area contributed by atoms with Crippen molar-refractivity contribution in [1.82, 2.24) is 29.6 Å². The van der Waals surface area contributed by atoms with Crippen LogP contribution in [0.3, 0.4) is 0 Å². The Morgan fingerprint density at radius 1 is 0.895 bits per heavy atom. The number of nitrogens with zero attached hydrogens (tertiary/aromatic N) is 4. The molecule has 0 aliphatic carbocycles. The molecule has 0 bridgehead atoms. The van der Waals surface area contributed by atoms with Crippen molar-refractivity contribution in [2.24, 2.45) is 5.92 Å². The lowest BCUT2D eigenvalue weighted by Gasteiger charge is -2.41. The molecular formula is C29H44N6O3. The number of piperidine rings is 3. The largest absolute Gasteiger partial charge is 0.341 e. The number of carbonyl (C=O) groups is 2. The van der Waals surface area contributed by atoms with E-state index >= 15 is 0 Å². The van der Waals surface area contributed by atoms with Gasteiger partial charge in [-0.15, -0.1) is 0 Å². The fourth-order valence-corrected chi connectivity index (χ4v) is 6.65. The van der Waals surface area contributed by atoms with E-state index in [0.29, 0.717) is 44.3 Å². The van der Waals surface area contributed by atoms with Crippen molar-refractivity contribution in [3.8, 4) is 0 Å². The van der Waals surface area contributed by atoms with Gasteiger partial charge < -0.3 is 25.0 Å². The number of benzene rings is 1. The summed E-state index contributed by atoms with van der Waals surface area (Å²) in [4.78, 5) is 48.8. The number of nitrogens with one attached hydrogen (secondary N) is 2. The number of aromatic nitrogens is 2. The predicted octanol–water partition coefficient (Wildman–Crippen LogP) is 3.57. The number of hydrogen-bond acceptors (Lipinski definition) is 4. The molecule has 2 aromatic rings. The average Bonchev–Trinajstić information content (AvgIpc) is 3.28. The van der Waals surface area contributed by atoms with E-state index in [2.05, 4.69) is 29.0 Å². The number of para-hydroxylation sites is 2. The highest BCUT2D eigenvalue weighted by Crippen LogP contribution is 2.26. The van der Waals surface area contributed by atoms with Crippen LogP contribution in [0.15, 0.2) is 29.1 Å². The van der Waals surface area contributed by atoms with Crippen LogP contribution in [0.2, 0.25) is 0 Å². The minimum atomic E-state index is -0.497. The Bertz CT molecular complexity index is 1150. The lowest BCUT2D eigenvalue weighted by Crippen LogP contribution is -2.56. The fraction of sp³-hybridized carbons (Fsp3) is 0.690. The molecule has 0 radical (unpaired) electrons. The summed E-state index contributed by atoms with van der Waals surface area (Å²) in [5, 5.41) is 3.09. The van der Waals surface area contributed by atoms with Crippen molar-refractivity contribution < 1.29 is 9.59 Å². The van der Waals surface area contributed by atoms with Crippen LogP contribution in [0, 0.1) is 5.92 Å². The van der Waals surface area contributed by atoms with Crippen molar-refractivity contribution in [2.75, 3.05) is 39.3 Å². The fourth-order valence-electron chi connectivity index (χ4n) is 6.65. The van der Waals surface area contributed by atoms with Crippen LogP contribution in [-0.2, 0) is 4.79 Å². The van der Waals surface area contributed by atoms with Crippen LogP contribution in [0.5, 0.6) is 0 Å². The van der Waals surface area contributed by atoms with E-state index in [9.17, 15) is 14.4 Å². The maximum atomic E-state index is 13.5. The van der Waals surface area contributed by atoms with Crippen molar-refractivity contribution >= 4 is 23.0 Å². The third kappa shape index (κ3) is 5.92. The van der Waals surface area contributed by atoms with Gasteiger partial charge in [0.2, 0.25) is 5.91 Å². The molecule has 38 heavy (non-hydrogen) atoms. The smallest absolute Gasteiger partial charge is 0.326 e. The van der Waals surface area contributed by atoms with Gasteiger partial charge in [-0.1, -0.05) is 32.4 Å². The number of carbonyl (C=O) groups excluding carboxylic acids is 2. The number of hydrogen-bond donors (Lipinski definition) is 2. The standard InChI is InChI=1S/C29H44N6O3/c1-21(2)20-25(27(36)33-16-10-22(11-17-33)32-14-6-3-7-15-32)31-28(37)34-18-12-23(13-19-34)35-26-9-5-4-8-24(26)30-29(35)38/h4-5,8-9,21-23,25H,3,6-7,10-20H2,1-2H3,(H,30,38)(H,31,37)/t25-/m1/s1. The molecule has 208 valence electrons. The second-order valence-electron chi connectivity index (χ2n) is 11.8. The van der Waals surface area contributed by atoms with Crippen LogP contribution in [0.25, 0.3) is 11.0 Å². The molecular weight excluding hydrogens is 480 g/mol. The van der Waals surface area contributed by atoms with E-state index in [1.54, 1.807) is 4.90 Å². The topological polar surface area (TPSA) is 93.7 Å². The van der Waals surface area contributed by atoms with Gasteiger partial charge in [-0.3, -0.25) is 9.36 Å². The van der Waals surface area contributed by atoms with E-state index in [1.807, 2.05) is 33.7 Å². The molecule has 5 rings (SSSR count). The van der Waals surface area contributed by atoms with Crippen LogP contribution in [0.4, 0.5) is 4.79 Å². The van der Waals surface area contributed by atoms with Crippen LogP contribution < -0.4 is 11.0 Å². The zero-order valence-corrected chi connectivity index (χ0v) is 23.0. The third-order valence-corrected chi connectivity index (χ3v) is 8.73. The van der Waals surface area contributed by atoms with Crippen molar-refractivity contribution in [2.45, 2.75) is 83.3 Å². The van der Waals surface area contributed by atoms with Gasteiger partial charge in [0.1, 0.15) is 6.04 Å². The molecule has 3 aliphatic heterocycles. The summed E-state index contributed by atoms with van der Waals surface area (Å²) in [6.45, 7) is 9.24. The Morgan fingerprint density at radius 2 is 1.53 bits per heavy atom. The van der Waals surface area contributed by atoms with Gasteiger partial charge in [-0.2, -0.15) is 0 Å². The quantitative estimate of drug-likeness (QED) is 0.604. The Balaban J connectivity index is 1.16. The molecule has 3 aliphatic rings. The number of H-pyrrole nitrogens is 1. The van der Waals surface area contributed by atoms with E-state index < -0.39 is 6.04 Å². The molecule has 0 unspecified atom stereocenters. The number of fused-ring (bicyclic) bond motifs is 1. The summed E-state index contributed by atoms with van der Waals surface area (Å²) in [6, 6.07) is 7.71. The Morgan fingerprint density at radius 3 is 2.21 bits per heavy atom. The monoisotopic (exact) mass is 524 g/mol. The summed E-state index contributed by atoms with van der Waals surface area (Å²) >= 11 is 0. The summed E-state index contributed by atoms with van der Waals surface area (Å²) in [7, 11) is 0. The molecule has 9 nitrogen and oxygen atoms in total. The lowest BCUT2D eigenvalue weighted by atomic mass is 9.97. The highest BCUT2D eigenvalue weighted by molar-refractivity contribution is 5.87. The van der Waals surface area contributed by atoms with Gasteiger partial charge in [-0.05, 0) is 76.1 Å². The third-order valence-electron chi connectivity index (χ3n) is 8.73. The Kier molecular flexibility index (Phi) is 8.41. The second-order valence-corrected chi connectivity index (χ2v) is 11.8. The second kappa shape index (κ2) is 11.9. The molecule has 1 aromatic carbocycles. The molecule has 4 heterocycles. The minimum absolute atomic E-state index is 0.0528. The van der Waals surface area contributed by atoms with E-state index in [0.717, 1.165) is 37.0 Å². The highest BCUT2D eigenvalue weighted by atomic mass is 16.2. The first kappa shape index (κ1) is 26.8. The van der Waals surface area contributed by atoms with E-state index in [-0.39, 0.29) is 23.7 Å². The van der Waals surface area contributed by atoms with Crippen LogP contribution in [-0.4, -0.2) is 87.5 Å². The zero-order chi connectivity index (χ0) is 26.6. The molecule has 3 saturated heterocycles.